The van der Waals surface area contributed by atoms with E-state index >= 15 is 8.78 Å². The van der Waals surface area contributed by atoms with Gasteiger partial charge in [-0.2, -0.15) is 0 Å². The molecular formula is C27H25F2N5O5S. The number of nitrogens with one attached hydrogen (secondary N) is 1. The van der Waals surface area contributed by atoms with Gasteiger partial charge in [0.2, 0.25) is 0 Å². The van der Waals surface area contributed by atoms with E-state index in [9.17, 15) is 13.2 Å². The van der Waals surface area contributed by atoms with Crippen LogP contribution >= 0.6 is 0 Å². The van der Waals surface area contributed by atoms with E-state index in [4.69, 9.17) is 9.47 Å². The van der Waals surface area contributed by atoms with Gasteiger partial charge in [0, 0.05) is 49.9 Å². The molecule has 13 heteroatoms. The van der Waals surface area contributed by atoms with Crippen LogP contribution in [0.3, 0.4) is 0 Å². The zero-order valence-corrected chi connectivity index (χ0v) is 22.5. The van der Waals surface area contributed by atoms with E-state index in [1.165, 1.54) is 38.7 Å². The van der Waals surface area contributed by atoms with Crippen molar-refractivity contribution in [1.29, 1.82) is 0 Å². The van der Waals surface area contributed by atoms with Crippen molar-refractivity contribution in [3.63, 3.8) is 0 Å². The average molecular weight is 570 g/mol. The molecule has 2 aromatic carbocycles. The Hall–Kier alpha value is -4.23. The minimum absolute atomic E-state index is 0.0693. The van der Waals surface area contributed by atoms with E-state index in [1.54, 1.807) is 18.3 Å². The first-order valence-corrected chi connectivity index (χ1v) is 14.1. The number of methoxy groups -OCH3 is 2. The number of anilines is 1. The summed E-state index contributed by atoms with van der Waals surface area (Å²) in [5.41, 5.74) is 0.889. The fourth-order valence-corrected chi connectivity index (χ4v) is 5.78. The summed E-state index contributed by atoms with van der Waals surface area (Å²) in [5.74, 6) is -2.31. The van der Waals surface area contributed by atoms with Gasteiger partial charge in [-0.3, -0.25) is 19.7 Å². The molecule has 208 valence electrons. The lowest BCUT2D eigenvalue weighted by Gasteiger charge is -2.26. The summed E-state index contributed by atoms with van der Waals surface area (Å²) in [6.45, 7) is 1.46. The summed E-state index contributed by atoms with van der Waals surface area (Å²) < 4.78 is 63.8. The van der Waals surface area contributed by atoms with E-state index in [1.807, 2.05) is 4.90 Å². The van der Waals surface area contributed by atoms with Gasteiger partial charge in [0.25, 0.3) is 5.91 Å². The topological polar surface area (TPSA) is 124 Å². The van der Waals surface area contributed by atoms with Gasteiger partial charge in [0.05, 0.1) is 42.4 Å². The molecule has 0 spiro atoms. The number of sulfone groups is 1. The lowest BCUT2D eigenvalue weighted by Crippen LogP contribution is -2.39. The maximum absolute atomic E-state index is 15.2. The highest BCUT2D eigenvalue weighted by Crippen LogP contribution is 2.40. The van der Waals surface area contributed by atoms with E-state index in [0.29, 0.717) is 19.6 Å². The zero-order chi connectivity index (χ0) is 28.4. The number of rotatable bonds is 7. The first-order valence-electron chi connectivity index (χ1n) is 12.2. The Labute approximate surface area is 228 Å². The lowest BCUT2D eigenvalue weighted by atomic mass is 9.98. The van der Waals surface area contributed by atoms with E-state index in [2.05, 4.69) is 20.3 Å². The number of pyridine rings is 1. The number of aromatic nitrogens is 3. The van der Waals surface area contributed by atoms with Crippen molar-refractivity contribution in [2.45, 2.75) is 6.54 Å². The van der Waals surface area contributed by atoms with Gasteiger partial charge in [-0.15, -0.1) is 0 Å². The molecule has 4 aromatic rings. The highest BCUT2D eigenvalue weighted by molar-refractivity contribution is 7.91. The molecule has 0 saturated carbocycles. The van der Waals surface area contributed by atoms with Gasteiger partial charge in [-0.1, -0.05) is 12.1 Å². The molecular weight excluding hydrogens is 544 g/mol. The van der Waals surface area contributed by atoms with Gasteiger partial charge < -0.3 is 14.8 Å². The van der Waals surface area contributed by atoms with Crippen molar-refractivity contribution in [3.05, 3.63) is 71.7 Å². The monoisotopic (exact) mass is 569 g/mol. The summed E-state index contributed by atoms with van der Waals surface area (Å²) >= 11 is 0. The second-order valence-corrected chi connectivity index (χ2v) is 11.4. The van der Waals surface area contributed by atoms with E-state index in [0.717, 1.165) is 11.6 Å². The molecule has 0 aliphatic carbocycles. The van der Waals surface area contributed by atoms with Crippen LogP contribution in [0.1, 0.15) is 15.9 Å². The predicted molar refractivity (Wildman–Crippen MR) is 144 cm³/mol. The number of ether oxygens (including phenoxy) is 2. The van der Waals surface area contributed by atoms with Crippen LogP contribution < -0.4 is 14.8 Å². The minimum Gasteiger partial charge on any atom is -0.494 e. The van der Waals surface area contributed by atoms with Gasteiger partial charge in [0.1, 0.15) is 11.3 Å². The lowest BCUT2D eigenvalue weighted by molar-refractivity contribution is 0.102. The summed E-state index contributed by atoms with van der Waals surface area (Å²) in [6, 6.07) is 7.35. The van der Waals surface area contributed by atoms with Gasteiger partial charge in [-0.05, 0) is 17.7 Å². The smallest absolute Gasteiger partial charge is 0.259 e. The molecule has 5 rings (SSSR count). The summed E-state index contributed by atoms with van der Waals surface area (Å²) in [6.07, 6.45) is 4.35. The number of fused-ring (bicyclic) bond motifs is 1. The minimum atomic E-state index is -2.96. The number of carbonyl (C=O) groups excluding carboxylic acids is 1. The number of carbonyl (C=O) groups is 1. The molecule has 0 bridgehead atoms. The highest BCUT2D eigenvalue weighted by atomic mass is 32.2. The molecule has 40 heavy (non-hydrogen) atoms. The number of benzene rings is 2. The van der Waals surface area contributed by atoms with Crippen LogP contribution in [0.25, 0.3) is 22.2 Å². The molecule has 1 amide bonds. The maximum atomic E-state index is 15.2. The van der Waals surface area contributed by atoms with Crippen LogP contribution in [0.4, 0.5) is 14.6 Å². The van der Waals surface area contributed by atoms with Crippen molar-refractivity contribution in [2.24, 2.45) is 0 Å². The standard InChI is InChI=1S/C27H25F2N5O5S/c1-38-19-13-20(39-2)24(29)22(23(19)28)17-4-5-18(26-25(17)30-7-8-31-26)27(35)33-21-6-3-16(14-32-21)15-34-9-11-40(36,37)12-10-34/h3-8,13-14H,9-12,15H2,1-2H3,(H,32,33,35). The maximum Gasteiger partial charge on any atom is 0.259 e. The van der Waals surface area contributed by atoms with Crippen LogP contribution in [0.5, 0.6) is 11.5 Å². The first-order chi connectivity index (χ1) is 19.2. The van der Waals surface area contributed by atoms with Gasteiger partial charge in [0.15, 0.2) is 33.0 Å². The van der Waals surface area contributed by atoms with Crippen molar-refractivity contribution in [1.82, 2.24) is 19.9 Å². The van der Waals surface area contributed by atoms with Crippen LogP contribution in [0, 0.1) is 11.6 Å². The van der Waals surface area contributed by atoms with Crippen molar-refractivity contribution in [2.75, 3.05) is 44.1 Å². The molecule has 0 atom stereocenters. The largest absolute Gasteiger partial charge is 0.494 e. The second kappa shape index (κ2) is 11.1. The molecule has 2 aromatic heterocycles. The van der Waals surface area contributed by atoms with E-state index < -0.39 is 32.9 Å². The van der Waals surface area contributed by atoms with E-state index in [-0.39, 0.29) is 51.0 Å². The van der Waals surface area contributed by atoms with Crippen LogP contribution in [0.15, 0.2) is 48.9 Å². The summed E-state index contributed by atoms with van der Waals surface area (Å²) in [5, 5.41) is 2.71. The van der Waals surface area contributed by atoms with Crippen molar-refractivity contribution >= 4 is 32.6 Å². The molecule has 1 saturated heterocycles. The van der Waals surface area contributed by atoms with Crippen molar-refractivity contribution < 1.29 is 31.5 Å². The number of hydrogen-bond acceptors (Lipinski definition) is 9. The SMILES string of the molecule is COc1cc(OC)c(F)c(-c2ccc(C(=O)Nc3ccc(CN4CCS(=O)(=O)CC4)cn3)c3nccnc23)c1F. The third kappa shape index (κ3) is 5.42. The van der Waals surface area contributed by atoms with Crippen LogP contribution in [-0.4, -0.2) is 73.0 Å². The molecule has 0 unspecified atom stereocenters. The van der Waals surface area contributed by atoms with Gasteiger partial charge >= 0.3 is 0 Å². The zero-order valence-electron chi connectivity index (χ0n) is 21.6. The summed E-state index contributed by atoms with van der Waals surface area (Å²) in [4.78, 5) is 28.1. The Balaban J connectivity index is 1.41. The number of hydrogen-bond donors (Lipinski definition) is 1. The quantitative estimate of drug-likeness (QED) is 0.356. The van der Waals surface area contributed by atoms with Gasteiger partial charge in [-0.25, -0.2) is 22.2 Å². The molecule has 1 fully saturated rings. The number of halogens is 2. The first kappa shape index (κ1) is 27.3. The fraction of sp³-hybridized carbons (Fsp3) is 0.259. The normalized spacial score (nSPS) is 15.1. The molecule has 1 aliphatic heterocycles. The molecule has 1 N–H and O–H groups in total. The average Bonchev–Trinajstić information content (AvgIpc) is 2.95. The molecule has 0 radical (unpaired) electrons. The Bertz CT molecular complexity index is 1660. The number of nitrogens with zero attached hydrogens (tertiary/aromatic N) is 4. The molecule has 1 aliphatic rings. The Kier molecular flexibility index (Phi) is 7.59. The molecule has 3 heterocycles. The Morgan fingerprint density at radius 1 is 0.950 bits per heavy atom. The Morgan fingerprint density at radius 3 is 2.20 bits per heavy atom. The van der Waals surface area contributed by atoms with Crippen LogP contribution in [-0.2, 0) is 16.4 Å². The van der Waals surface area contributed by atoms with Crippen LogP contribution in [0.2, 0.25) is 0 Å². The van der Waals surface area contributed by atoms with Crippen molar-refractivity contribution in [3.8, 4) is 22.6 Å². The third-order valence-electron chi connectivity index (χ3n) is 6.62. The Morgan fingerprint density at radius 2 is 1.60 bits per heavy atom. The number of amides is 1. The summed E-state index contributed by atoms with van der Waals surface area (Å²) in [7, 11) is -0.451. The second-order valence-electron chi connectivity index (χ2n) is 9.13. The highest BCUT2D eigenvalue weighted by Gasteiger charge is 2.25. The molecule has 10 nitrogen and oxygen atoms in total. The third-order valence-corrected chi connectivity index (χ3v) is 8.23. The predicted octanol–water partition coefficient (Wildman–Crippen LogP) is 3.47. The fourth-order valence-electron chi connectivity index (χ4n) is 4.51.